The van der Waals surface area contributed by atoms with E-state index in [1.165, 1.54) is 23.8 Å². The van der Waals surface area contributed by atoms with Crippen molar-refractivity contribution in [2.24, 2.45) is 7.05 Å². The summed E-state index contributed by atoms with van der Waals surface area (Å²) in [6.07, 6.45) is 5.75. The molecule has 2 aromatic rings. The summed E-state index contributed by atoms with van der Waals surface area (Å²) in [5.74, 6) is 1.13. The highest BCUT2D eigenvalue weighted by molar-refractivity contribution is 7.71. The van der Waals surface area contributed by atoms with E-state index < -0.39 is 11.2 Å². The van der Waals surface area contributed by atoms with Gasteiger partial charge in [0.2, 0.25) is 0 Å². The van der Waals surface area contributed by atoms with Crippen LogP contribution in [0.3, 0.4) is 0 Å². The Morgan fingerprint density at radius 2 is 1.90 bits per heavy atom. The van der Waals surface area contributed by atoms with Gasteiger partial charge in [0, 0.05) is 13.0 Å². The molecule has 106 valence electrons. The number of aryl methyl sites for hydroxylation is 1. The van der Waals surface area contributed by atoms with Crippen LogP contribution in [0.15, 0.2) is 9.59 Å². The lowest BCUT2D eigenvalue weighted by atomic mass is 9.89. The molecule has 2 N–H and O–H groups in total. The number of rotatable bonds is 1. The minimum atomic E-state index is -0.480. The van der Waals surface area contributed by atoms with E-state index in [1.54, 1.807) is 7.05 Å². The van der Waals surface area contributed by atoms with Crippen molar-refractivity contribution in [1.82, 2.24) is 19.5 Å². The number of aromatic amines is 2. The molecule has 0 atom stereocenters. The number of hydrogen-bond donors (Lipinski definition) is 2. The first-order valence-electron chi connectivity index (χ1n) is 6.81. The predicted molar refractivity (Wildman–Crippen MR) is 78.6 cm³/mol. The summed E-state index contributed by atoms with van der Waals surface area (Å²) < 4.78 is 1.64. The molecule has 6 nitrogen and oxygen atoms in total. The fourth-order valence-electron chi connectivity index (χ4n) is 2.85. The van der Waals surface area contributed by atoms with Crippen LogP contribution in [-0.2, 0) is 7.05 Å². The van der Waals surface area contributed by atoms with Crippen molar-refractivity contribution < 1.29 is 0 Å². The molecule has 0 saturated heterocycles. The molecule has 0 radical (unpaired) electrons. The lowest BCUT2D eigenvalue weighted by Crippen LogP contribution is -2.30. The number of H-pyrrole nitrogens is 2. The Balaban J connectivity index is 2.28. The van der Waals surface area contributed by atoms with Crippen LogP contribution in [0.1, 0.15) is 43.8 Å². The summed E-state index contributed by atoms with van der Waals surface area (Å²) in [5.41, 5.74) is -0.472. The van der Waals surface area contributed by atoms with Gasteiger partial charge in [0.15, 0.2) is 0 Å². The van der Waals surface area contributed by atoms with Crippen LogP contribution >= 0.6 is 12.2 Å². The first kappa shape index (κ1) is 13.2. The van der Waals surface area contributed by atoms with Crippen molar-refractivity contribution in [3.8, 4) is 0 Å². The van der Waals surface area contributed by atoms with Gasteiger partial charge in [-0.15, -0.1) is 0 Å². The number of nitrogens with one attached hydrogen (secondary N) is 2. The maximum absolute atomic E-state index is 11.9. The van der Waals surface area contributed by atoms with Gasteiger partial charge < -0.3 is 4.98 Å². The fourth-order valence-corrected chi connectivity index (χ4v) is 3.14. The van der Waals surface area contributed by atoms with E-state index in [0.29, 0.717) is 11.6 Å². The van der Waals surface area contributed by atoms with Gasteiger partial charge >= 0.3 is 5.69 Å². The van der Waals surface area contributed by atoms with Crippen LogP contribution in [-0.4, -0.2) is 19.5 Å². The van der Waals surface area contributed by atoms with Crippen molar-refractivity contribution in [1.29, 1.82) is 0 Å². The minimum absolute atomic E-state index is 0.260. The molecule has 7 heteroatoms. The van der Waals surface area contributed by atoms with Gasteiger partial charge in [0.25, 0.3) is 5.56 Å². The van der Waals surface area contributed by atoms with Gasteiger partial charge in [0.05, 0.1) is 0 Å². The fraction of sp³-hybridized carbons (Fsp3) is 0.538. The molecule has 2 heterocycles. The zero-order valence-corrected chi connectivity index (χ0v) is 12.0. The van der Waals surface area contributed by atoms with Gasteiger partial charge in [-0.1, -0.05) is 31.5 Å². The normalized spacial score (nSPS) is 16.6. The van der Waals surface area contributed by atoms with Crippen molar-refractivity contribution in [3.05, 3.63) is 31.3 Å². The molecule has 3 rings (SSSR count). The Morgan fingerprint density at radius 1 is 1.20 bits per heavy atom. The Hall–Kier alpha value is -1.76. The second kappa shape index (κ2) is 4.97. The number of nitrogens with zero attached hydrogens (tertiary/aromatic N) is 2. The molecule has 0 amide bonds. The number of hydrogen-bond acceptors (Lipinski definition) is 4. The van der Waals surface area contributed by atoms with Gasteiger partial charge in [-0.3, -0.25) is 14.3 Å². The summed E-state index contributed by atoms with van der Waals surface area (Å²) in [5, 5.41) is 0.279. The third-order valence-electron chi connectivity index (χ3n) is 4.00. The van der Waals surface area contributed by atoms with E-state index >= 15 is 0 Å². The van der Waals surface area contributed by atoms with Crippen LogP contribution in [0, 0.1) is 4.64 Å². The highest BCUT2D eigenvalue weighted by atomic mass is 32.1. The number of aromatic nitrogens is 4. The molecular weight excluding hydrogens is 276 g/mol. The zero-order chi connectivity index (χ0) is 14.3. The van der Waals surface area contributed by atoms with Crippen molar-refractivity contribution in [2.75, 3.05) is 0 Å². The van der Waals surface area contributed by atoms with E-state index in [-0.39, 0.29) is 10.0 Å². The first-order valence-corrected chi connectivity index (χ1v) is 7.22. The largest absolute Gasteiger partial charge is 0.329 e. The standard InChI is InChI=1S/C13H16N4O2S/c1-17-10-8(11(18)16-13(17)19)12(20)15-9(14-10)7-5-3-2-4-6-7/h7H,2-6H2,1H3,(H,14,15,20)(H,16,18,19). The minimum Gasteiger partial charge on any atom is -0.329 e. The summed E-state index contributed by atoms with van der Waals surface area (Å²) >= 11 is 5.23. The topological polar surface area (TPSA) is 83.5 Å². The first-order chi connectivity index (χ1) is 9.58. The molecule has 0 spiro atoms. The summed E-state index contributed by atoms with van der Waals surface area (Å²) in [4.78, 5) is 33.3. The molecule has 0 aliphatic heterocycles. The van der Waals surface area contributed by atoms with E-state index in [4.69, 9.17) is 12.2 Å². The van der Waals surface area contributed by atoms with Crippen LogP contribution in [0.4, 0.5) is 0 Å². The molecule has 1 aliphatic carbocycles. The molecule has 1 saturated carbocycles. The lowest BCUT2D eigenvalue weighted by Gasteiger charge is -2.21. The Labute approximate surface area is 119 Å². The van der Waals surface area contributed by atoms with E-state index in [2.05, 4.69) is 15.0 Å². The van der Waals surface area contributed by atoms with E-state index in [1.807, 2.05) is 0 Å². The maximum Gasteiger partial charge on any atom is 0.329 e. The zero-order valence-electron chi connectivity index (χ0n) is 11.2. The third kappa shape index (κ3) is 2.11. The molecule has 1 aliphatic rings. The van der Waals surface area contributed by atoms with Crippen LogP contribution < -0.4 is 11.2 Å². The van der Waals surface area contributed by atoms with Crippen LogP contribution in [0.25, 0.3) is 11.0 Å². The van der Waals surface area contributed by atoms with Crippen molar-refractivity contribution in [3.63, 3.8) is 0 Å². The Bertz CT molecular complexity index is 827. The highest BCUT2D eigenvalue weighted by Gasteiger charge is 2.19. The van der Waals surface area contributed by atoms with Gasteiger partial charge in [-0.05, 0) is 12.8 Å². The van der Waals surface area contributed by atoms with Gasteiger partial charge in [-0.2, -0.15) is 0 Å². The highest BCUT2D eigenvalue weighted by Crippen LogP contribution is 2.30. The second-order valence-electron chi connectivity index (χ2n) is 5.30. The molecule has 20 heavy (non-hydrogen) atoms. The quantitative estimate of drug-likeness (QED) is 0.784. The maximum atomic E-state index is 11.9. The second-order valence-corrected chi connectivity index (χ2v) is 5.69. The molecular formula is C13H16N4O2S. The van der Waals surface area contributed by atoms with Gasteiger partial charge in [0.1, 0.15) is 21.5 Å². The SMILES string of the molecule is Cn1c(=O)[nH]c(=O)c2c(=S)nc(C3CCCCC3)[nH]c21. The predicted octanol–water partition coefficient (Wildman–Crippen LogP) is 1.73. The van der Waals surface area contributed by atoms with E-state index in [9.17, 15) is 9.59 Å². The summed E-state index contributed by atoms with van der Waals surface area (Å²) in [6, 6.07) is 0. The summed E-state index contributed by atoms with van der Waals surface area (Å²) in [7, 11) is 1.61. The smallest absolute Gasteiger partial charge is 0.329 e. The monoisotopic (exact) mass is 292 g/mol. The average molecular weight is 292 g/mol. The third-order valence-corrected chi connectivity index (χ3v) is 4.29. The van der Waals surface area contributed by atoms with Crippen LogP contribution in [0.5, 0.6) is 0 Å². The number of fused-ring (bicyclic) bond motifs is 1. The van der Waals surface area contributed by atoms with Crippen LogP contribution in [0.2, 0.25) is 0 Å². The molecule has 2 aromatic heterocycles. The Kier molecular flexibility index (Phi) is 3.29. The van der Waals surface area contributed by atoms with E-state index in [0.717, 1.165) is 18.7 Å². The molecule has 0 bridgehead atoms. The molecule has 0 aromatic carbocycles. The molecule has 0 unspecified atom stereocenters. The lowest BCUT2D eigenvalue weighted by molar-refractivity contribution is 0.429. The van der Waals surface area contributed by atoms with Crippen molar-refractivity contribution in [2.45, 2.75) is 38.0 Å². The van der Waals surface area contributed by atoms with Crippen molar-refractivity contribution >= 4 is 23.3 Å². The molecule has 1 fully saturated rings. The Morgan fingerprint density at radius 3 is 2.60 bits per heavy atom. The average Bonchev–Trinajstić information content (AvgIpc) is 2.45. The van der Waals surface area contributed by atoms with Gasteiger partial charge in [-0.25, -0.2) is 9.78 Å². The summed E-state index contributed by atoms with van der Waals surface area (Å²) in [6.45, 7) is 0.